The third kappa shape index (κ3) is 8.75. The summed E-state index contributed by atoms with van der Waals surface area (Å²) < 4.78 is 0.137. The predicted molar refractivity (Wildman–Crippen MR) is 68.4 cm³/mol. The summed E-state index contributed by atoms with van der Waals surface area (Å²) in [6.45, 7) is 9.95. The van der Waals surface area contributed by atoms with Gasteiger partial charge in [-0.2, -0.15) is 0 Å². The molecule has 0 rings (SSSR count). The van der Waals surface area contributed by atoms with E-state index >= 15 is 0 Å². The average molecular weight is 232 g/mol. The lowest BCUT2D eigenvalue weighted by molar-refractivity contribution is -0.120. The molecule has 0 saturated heterocycles. The van der Waals surface area contributed by atoms with Gasteiger partial charge in [-0.25, -0.2) is 0 Å². The molecule has 1 unspecified atom stereocenters. The van der Waals surface area contributed by atoms with E-state index in [-0.39, 0.29) is 15.9 Å². The van der Waals surface area contributed by atoms with Gasteiger partial charge >= 0.3 is 0 Å². The van der Waals surface area contributed by atoms with Gasteiger partial charge in [-0.3, -0.25) is 4.79 Å². The van der Waals surface area contributed by atoms with Crippen LogP contribution in [-0.4, -0.2) is 48.0 Å². The van der Waals surface area contributed by atoms with Gasteiger partial charge in [-0.15, -0.1) is 11.8 Å². The summed E-state index contributed by atoms with van der Waals surface area (Å²) in [5.74, 6) is 0.136. The molecule has 0 saturated carbocycles. The summed E-state index contributed by atoms with van der Waals surface area (Å²) in [5, 5.41) is 2.96. The summed E-state index contributed by atoms with van der Waals surface area (Å²) in [7, 11) is 4.00. The second kappa shape index (κ2) is 6.38. The first-order valence-electron chi connectivity index (χ1n) is 5.32. The smallest absolute Gasteiger partial charge is 0.232 e. The highest BCUT2D eigenvalue weighted by Gasteiger charge is 2.20. The minimum Gasteiger partial charge on any atom is -0.354 e. The summed E-state index contributed by atoms with van der Waals surface area (Å²) in [5.41, 5.74) is 0. The molecule has 0 fully saturated rings. The lowest BCUT2D eigenvalue weighted by Crippen LogP contribution is -2.37. The molecular weight excluding hydrogens is 208 g/mol. The van der Waals surface area contributed by atoms with Gasteiger partial charge in [-0.1, -0.05) is 20.8 Å². The number of thioether (sulfide) groups is 1. The summed E-state index contributed by atoms with van der Waals surface area (Å²) in [6, 6.07) is 0. The van der Waals surface area contributed by atoms with Gasteiger partial charge in [0.15, 0.2) is 0 Å². The van der Waals surface area contributed by atoms with E-state index in [0.717, 1.165) is 13.1 Å². The highest BCUT2D eigenvalue weighted by molar-refractivity contribution is 8.01. The maximum Gasteiger partial charge on any atom is 0.232 e. The van der Waals surface area contributed by atoms with Crippen LogP contribution in [0.3, 0.4) is 0 Å². The van der Waals surface area contributed by atoms with Gasteiger partial charge in [0.1, 0.15) is 0 Å². The van der Waals surface area contributed by atoms with Gasteiger partial charge in [-0.05, 0) is 21.0 Å². The zero-order valence-corrected chi connectivity index (χ0v) is 11.6. The van der Waals surface area contributed by atoms with Crippen LogP contribution in [0, 0.1) is 0 Å². The van der Waals surface area contributed by atoms with Crippen molar-refractivity contribution >= 4 is 17.7 Å². The highest BCUT2D eigenvalue weighted by Crippen LogP contribution is 2.27. The number of nitrogens with one attached hydrogen (secondary N) is 1. The van der Waals surface area contributed by atoms with Crippen LogP contribution >= 0.6 is 11.8 Å². The summed E-state index contributed by atoms with van der Waals surface area (Å²) >= 11 is 1.70. The van der Waals surface area contributed by atoms with E-state index in [1.54, 1.807) is 11.8 Å². The minimum atomic E-state index is 0.0205. The molecular formula is C11H24N2OS. The Morgan fingerprint density at radius 2 is 1.93 bits per heavy atom. The van der Waals surface area contributed by atoms with Crippen molar-refractivity contribution in [3.63, 3.8) is 0 Å². The molecule has 0 aliphatic heterocycles. The minimum absolute atomic E-state index is 0.0205. The average Bonchev–Trinajstić information content (AvgIpc) is 1.99. The van der Waals surface area contributed by atoms with Crippen LogP contribution in [0.5, 0.6) is 0 Å². The standard InChI is InChI=1S/C11H24N2OS/c1-9(15-11(2,3)4)10(14)12-7-8-13(5)6/h9H,7-8H2,1-6H3,(H,12,14). The molecule has 3 nitrogen and oxygen atoms in total. The zero-order valence-electron chi connectivity index (χ0n) is 10.8. The SMILES string of the molecule is CC(SC(C)(C)C)C(=O)NCCN(C)C. The molecule has 0 aliphatic carbocycles. The Kier molecular flexibility index (Phi) is 6.29. The molecule has 15 heavy (non-hydrogen) atoms. The molecule has 0 aromatic heterocycles. The third-order valence-electron chi connectivity index (χ3n) is 1.76. The van der Waals surface area contributed by atoms with Crippen molar-refractivity contribution in [1.82, 2.24) is 10.2 Å². The Hall–Kier alpha value is -0.220. The second-order valence-electron chi connectivity index (χ2n) is 4.97. The molecule has 90 valence electrons. The van der Waals surface area contributed by atoms with Crippen LogP contribution in [0.25, 0.3) is 0 Å². The molecule has 0 heterocycles. The number of hydrogen-bond donors (Lipinski definition) is 1. The second-order valence-corrected chi connectivity index (χ2v) is 7.13. The molecule has 0 aromatic rings. The van der Waals surface area contributed by atoms with E-state index in [4.69, 9.17) is 0 Å². The van der Waals surface area contributed by atoms with Crippen molar-refractivity contribution in [3.8, 4) is 0 Å². The Morgan fingerprint density at radius 1 is 1.40 bits per heavy atom. The maximum absolute atomic E-state index is 11.7. The normalized spacial score (nSPS) is 14.1. The van der Waals surface area contributed by atoms with Crippen molar-refractivity contribution in [3.05, 3.63) is 0 Å². The highest BCUT2D eigenvalue weighted by atomic mass is 32.2. The van der Waals surface area contributed by atoms with Gasteiger partial charge in [0.25, 0.3) is 0 Å². The molecule has 1 atom stereocenters. The van der Waals surface area contributed by atoms with Crippen LogP contribution in [0.15, 0.2) is 0 Å². The molecule has 0 bridgehead atoms. The Balaban J connectivity index is 3.80. The molecule has 1 amide bonds. The molecule has 0 spiro atoms. The fourth-order valence-electron chi connectivity index (χ4n) is 1.13. The van der Waals surface area contributed by atoms with Gasteiger partial charge < -0.3 is 10.2 Å². The number of amides is 1. The van der Waals surface area contributed by atoms with Crippen molar-refractivity contribution in [1.29, 1.82) is 0 Å². The van der Waals surface area contributed by atoms with Crippen molar-refractivity contribution < 1.29 is 4.79 Å². The molecule has 1 N–H and O–H groups in total. The van der Waals surface area contributed by atoms with E-state index < -0.39 is 0 Å². The van der Waals surface area contributed by atoms with Crippen LogP contribution in [0.1, 0.15) is 27.7 Å². The van der Waals surface area contributed by atoms with E-state index in [0.29, 0.717) is 0 Å². The number of carbonyl (C=O) groups is 1. The number of hydrogen-bond acceptors (Lipinski definition) is 3. The fraction of sp³-hybridized carbons (Fsp3) is 0.909. The lowest BCUT2D eigenvalue weighted by atomic mass is 10.3. The largest absolute Gasteiger partial charge is 0.354 e. The lowest BCUT2D eigenvalue weighted by Gasteiger charge is -2.22. The van der Waals surface area contributed by atoms with E-state index in [1.807, 2.05) is 21.0 Å². The monoisotopic (exact) mass is 232 g/mol. The van der Waals surface area contributed by atoms with Crippen molar-refractivity contribution in [2.45, 2.75) is 37.7 Å². The van der Waals surface area contributed by atoms with E-state index in [9.17, 15) is 4.79 Å². The van der Waals surface area contributed by atoms with E-state index in [2.05, 4.69) is 31.0 Å². The third-order valence-corrected chi connectivity index (χ3v) is 3.03. The first-order valence-corrected chi connectivity index (χ1v) is 6.20. The Morgan fingerprint density at radius 3 is 2.33 bits per heavy atom. The van der Waals surface area contributed by atoms with E-state index in [1.165, 1.54) is 0 Å². The van der Waals surface area contributed by atoms with Crippen molar-refractivity contribution in [2.75, 3.05) is 27.2 Å². The number of rotatable bonds is 5. The Bertz CT molecular complexity index is 199. The maximum atomic E-state index is 11.7. The molecule has 4 heteroatoms. The topological polar surface area (TPSA) is 32.3 Å². The molecule has 0 aliphatic rings. The number of carbonyl (C=O) groups excluding carboxylic acids is 1. The summed E-state index contributed by atoms with van der Waals surface area (Å²) in [6.07, 6.45) is 0. The number of nitrogens with zero attached hydrogens (tertiary/aromatic N) is 1. The van der Waals surface area contributed by atoms with Crippen LogP contribution in [0.4, 0.5) is 0 Å². The zero-order chi connectivity index (χ0) is 12.1. The van der Waals surface area contributed by atoms with Crippen LogP contribution < -0.4 is 5.32 Å². The van der Waals surface area contributed by atoms with Crippen LogP contribution in [0.2, 0.25) is 0 Å². The molecule has 0 radical (unpaired) electrons. The fourth-order valence-corrected chi connectivity index (χ4v) is 2.38. The predicted octanol–water partition coefficient (Wildman–Crippen LogP) is 1.58. The quantitative estimate of drug-likeness (QED) is 0.781. The number of likely N-dealkylation sites (N-methyl/N-ethyl adjacent to an activating group) is 1. The molecule has 0 aromatic carbocycles. The van der Waals surface area contributed by atoms with Gasteiger partial charge in [0.2, 0.25) is 5.91 Å². The summed E-state index contributed by atoms with van der Waals surface area (Å²) in [4.78, 5) is 13.7. The van der Waals surface area contributed by atoms with Crippen LogP contribution in [-0.2, 0) is 4.79 Å². The first kappa shape index (κ1) is 14.8. The van der Waals surface area contributed by atoms with Gasteiger partial charge in [0.05, 0.1) is 5.25 Å². The van der Waals surface area contributed by atoms with Gasteiger partial charge in [0, 0.05) is 17.8 Å². The Labute approximate surface area is 98.0 Å². The first-order chi connectivity index (χ1) is 6.72. The van der Waals surface area contributed by atoms with Crippen molar-refractivity contribution in [2.24, 2.45) is 0 Å².